The number of hydrogen-bond acceptors (Lipinski definition) is 3. The van der Waals surface area contributed by atoms with E-state index in [1.165, 1.54) is 12.8 Å². The highest BCUT2D eigenvalue weighted by molar-refractivity contribution is 5.93. The van der Waals surface area contributed by atoms with E-state index in [0.29, 0.717) is 12.0 Å². The number of amides is 2. The van der Waals surface area contributed by atoms with Crippen molar-refractivity contribution in [2.45, 2.75) is 44.7 Å². The van der Waals surface area contributed by atoms with Gasteiger partial charge in [-0.25, -0.2) is 0 Å². The van der Waals surface area contributed by atoms with E-state index in [0.717, 1.165) is 30.4 Å². The number of carbonyl (C=O) groups is 2. The Hall–Kier alpha value is -2.89. The third-order valence-corrected chi connectivity index (χ3v) is 5.04. The molecule has 28 heavy (non-hydrogen) atoms. The highest BCUT2D eigenvalue weighted by Crippen LogP contribution is 2.42. The van der Waals surface area contributed by atoms with Gasteiger partial charge in [-0.05, 0) is 55.7 Å². The van der Waals surface area contributed by atoms with Gasteiger partial charge in [0.2, 0.25) is 6.41 Å². The summed E-state index contributed by atoms with van der Waals surface area (Å²) in [7, 11) is 1.55. The number of aromatic nitrogens is 1. The summed E-state index contributed by atoms with van der Waals surface area (Å²) in [6.45, 7) is 1.91. The quantitative estimate of drug-likeness (QED) is 0.754. The summed E-state index contributed by atoms with van der Waals surface area (Å²) in [5, 5.41) is 5.19. The molecule has 1 unspecified atom stereocenters. The average molecular weight is 381 g/mol. The van der Waals surface area contributed by atoms with E-state index in [1.54, 1.807) is 17.7 Å². The number of nitrogens with one attached hydrogen (secondary N) is 2. The van der Waals surface area contributed by atoms with Crippen LogP contribution in [0.15, 0.2) is 47.4 Å². The summed E-state index contributed by atoms with van der Waals surface area (Å²) in [5.41, 5.74) is 2.04. The van der Waals surface area contributed by atoms with Crippen LogP contribution < -0.4 is 16.2 Å². The Kier molecular flexibility index (Phi) is 6.29. The van der Waals surface area contributed by atoms with Crippen LogP contribution in [-0.2, 0) is 4.79 Å². The molecule has 148 valence electrons. The Labute approximate surface area is 165 Å². The molecule has 2 saturated carbocycles. The minimum Gasteiger partial charge on any atom is -0.356 e. The largest absolute Gasteiger partial charge is 0.356 e. The highest BCUT2D eigenvalue weighted by Gasteiger charge is 2.34. The lowest BCUT2D eigenvalue weighted by Crippen LogP contribution is -2.34. The summed E-state index contributed by atoms with van der Waals surface area (Å²) in [6, 6.07) is 12.3. The second kappa shape index (κ2) is 8.87. The van der Waals surface area contributed by atoms with E-state index >= 15 is 0 Å². The molecule has 2 fully saturated rings. The van der Waals surface area contributed by atoms with Gasteiger partial charge in [0, 0.05) is 19.3 Å². The number of nitrogens with zero attached hydrogens (tertiary/aromatic N) is 1. The summed E-state index contributed by atoms with van der Waals surface area (Å²) < 4.78 is 1.74. The Morgan fingerprint density at radius 3 is 2.36 bits per heavy atom. The molecule has 0 bridgehead atoms. The molecular formula is C22H27N3O3. The Bertz CT molecular complexity index is 884. The Morgan fingerprint density at radius 1 is 1.18 bits per heavy atom. The van der Waals surface area contributed by atoms with Crippen molar-refractivity contribution in [1.82, 2.24) is 15.2 Å². The van der Waals surface area contributed by atoms with Gasteiger partial charge in [-0.1, -0.05) is 30.3 Å². The fraction of sp³-hybridized carbons (Fsp3) is 0.409. The van der Waals surface area contributed by atoms with Crippen LogP contribution in [0.2, 0.25) is 0 Å². The first kappa shape index (κ1) is 19.9. The van der Waals surface area contributed by atoms with E-state index in [2.05, 4.69) is 22.8 Å². The van der Waals surface area contributed by atoms with Crippen LogP contribution in [0.4, 0.5) is 0 Å². The molecule has 1 aromatic heterocycles. The number of rotatable bonds is 6. The number of hydrogen-bond donors (Lipinski definition) is 2. The van der Waals surface area contributed by atoms with Crippen molar-refractivity contribution in [3.05, 3.63) is 69.6 Å². The van der Waals surface area contributed by atoms with Crippen molar-refractivity contribution in [2.75, 3.05) is 7.05 Å². The molecule has 2 aliphatic carbocycles. The molecule has 1 atom stereocenters. The molecule has 4 rings (SSSR count). The van der Waals surface area contributed by atoms with Crippen molar-refractivity contribution in [2.24, 2.45) is 5.92 Å². The van der Waals surface area contributed by atoms with Crippen molar-refractivity contribution in [3.63, 3.8) is 0 Å². The molecule has 0 aliphatic heterocycles. The molecule has 6 nitrogen and oxygen atoms in total. The van der Waals surface area contributed by atoms with Gasteiger partial charge in [-0.15, -0.1) is 0 Å². The first-order valence-corrected chi connectivity index (χ1v) is 9.74. The van der Waals surface area contributed by atoms with Gasteiger partial charge < -0.3 is 15.2 Å². The summed E-state index contributed by atoms with van der Waals surface area (Å²) >= 11 is 0. The molecule has 2 N–H and O–H groups in total. The molecule has 0 saturated heterocycles. The average Bonchev–Trinajstić information content (AvgIpc) is 3.61. The molecule has 1 aromatic carbocycles. The zero-order valence-corrected chi connectivity index (χ0v) is 16.4. The minimum absolute atomic E-state index is 0.0111. The number of pyridine rings is 1. The van der Waals surface area contributed by atoms with Crippen LogP contribution in [-0.4, -0.2) is 30.0 Å². The van der Waals surface area contributed by atoms with E-state index in [1.807, 2.05) is 31.3 Å². The van der Waals surface area contributed by atoms with Gasteiger partial charge in [-0.3, -0.25) is 14.4 Å². The number of carbonyl (C=O) groups excluding carboxylic acids is 2. The maximum Gasteiger partial charge on any atom is 0.263 e. The third kappa shape index (κ3) is 4.88. The minimum atomic E-state index is -0.329. The monoisotopic (exact) mass is 381 g/mol. The van der Waals surface area contributed by atoms with E-state index in [4.69, 9.17) is 0 Å². The maximum absolute atomic E-state index is 12.8. The lowest BCUT2D eigenvalue weighted by molar-refractivity contribution is -0.109. The van der Waals surface area contributed by atoms with Gasteiger partial charge in [0.15, 0.2) is 0 Å². The Balaban J connectivity index is 0.000000320. The van der Waals surface area contributed by atoms with Gasteiger partial charge in [0.05, 0.1) is 6.04 Å². The van der Waals surface area contributed by atoms with E-state index in [9.17, 15) is 14.4 Å². The zero-order chi connectivity index (χ0) is 20.1. The SMILES string of the molecule is CNC(=O)c1cc(C)cn(C(c2ccccc2)C2CC2)c1=O.O=CNC1CC1. The first-order valence-electron chi connectivity index (χ1n) is 9.74. The lowest BCUT2D eigenvalue weighted by Gasteiger charge is -2.21. The topological polar surface area (TPSA) is 80.2 Å². The molecule has 0 spiro atoms. The van der Waals surface area contributed by atoms with Crippen molar-refractivity contribution in [3.8, 4) is 0 Å². The van der Waals surface area contributed by atoms with Crippen LogP contribution in [0.1, 0.15) is 53.2 Å². The van der Waals surface area contributed by atoms with Crippen LogP contribution in [0.5, 0.6) is 0 Å². The fourth-order valence-electron chi connectivity index (χ4n) is 3.32. The van der Waals surface area contributed by atoms with Gasteiger partial charge in [0.1, 0.15) is 5.56 Å². The first-order chi connectivity index (χ1) is 13.5. The molecule has 2 aromatic rings. The Morgan fingerprint density at radius 2 is 1.86 bits per heavy atom. The van der Waals surface area contributed by atoms with Gasteiger partial charge >= 0.3 is 0 Å². The summed E-state index contributed by atoms with van der Waals surface area (Å²) in [5.74, 6) is 0.143. The van der Waals surface area contributed by atoms with Crippen molar-refractivity contribution >= 4 is 12.3 Å². The molecule has 1 heterocycles. The number of benzene rings is 1. The van der Waals surface area contributed by atoms with Crippen molar-refractivity contribution < 1.29 is 9.59 Å². The second-order valence-corrected chi connectivity index (χ2v) is 7.47. The zero-order valence-electron chi connectivity index (χ0n) is 16.4. The molecule has 2 aliphatic rings. The van der Waals surface area contributed by atoms with Crippen molar-refractivity contribution in [1.29, 1.82) is 0 Å². The lowest BCUT2D eigenvalue weighted by atomic mass is 10.0. The van der Waals surface area contributed by atoms with Crippen LogP contribution in [0.3, 0.4) is 0 Å². The normalized spacial score (nSPS) is 16.4. The standard InChI is InChI=1S/C18H20N2O2.C4H7NO/c1-12-10-15(17(21)19-2)18(22)20(11-12)16(14-8-9-14)13-6-4-3-5-7-13;6-3-5-4-1-2-4/h3-7,10-11,14,16H,8-9H2,1-2H3,(H,19,21);3-4H,1-2H2,(H,5,6). The predicted octanol–water partition coefficient (Wildman–Crippen LogP) is 2.41. The van der Waals surface area contributed by atoms with Crippen LogP contribution >= 0.6 is 0 Å². The summed E-state index contributed by atoms with van der Waals surface area (Å²) in [4.78, 5) is 34.3. The second-order valence-electron chi connectivity index (χ2n) is 7.47. The molecule has 6 heteroatoms. The smallest absolute Gasteiger partial charge is 0.263 e. The number of aryl methyl sites for hydroxylation is 1. The van der Waals surface area contributed by atoms with E-state index in [-0.39, 0.29) is 23.1 Å². The van der Waals surface area contributed by atoms with Crippen LogP contribution in [0.25, 0.3) is 0 Å². The fourth-order valence-corrected chi connectivity index (χ4v) is 3.32. The van der Waals surface area contributed by atoms with Gasteiger partial charge in [0.25, 0.3) is 11.5 Å². The highest BCUT2D eigenvalue weighted by atomic mass is 16.2. The summed E-state index contributed by atoms with van der Waals surface area (Å²) in [6.07, 6.45) is 7.23. The molecule has 0 radical (unpaired) electrons. The molecular weight excluding hydrogens is 354 g/mol. The predicted molar refractivity (Wildman–Crippen MR) is 108 cm³/mol. The molecule has 2 amide bonds. The van der Waals surface area contributed by atoms with E-state index < -0.39 is 0 Å². The third-order valence-electron chi connectivity index (χ3n) is 5.04. The maximum atomic E-state index is 12.8. The van der Waals surface area contributed by atoms with Gasteiger partial charge in [-0.2, -0.15) is 0 Å². The van der Waals surface area contributed by atoms with Crippen LogP contribution in [0, 0.1) is 12.8 Å².